The maximum atomic E-state index is 9.70. The molecule has 1 saturated heterocycles. The van der Waals surface area contributed by atoms with E-state index in [9.17, 15) is 5.11 Å². The van der Waals surface area contributed by atoms with Gasteiger partial charge < -0.3 is 10.4 Å². The van der Waals surface area contributed by atoms with Gasteiger partial charge in [0.25, 0.3) is 0 Å². The normalized spacial score (nSPS) is 16.9. The molecule has 116 valence electrons. The Labute approximate surface area is 142 Å². The number of piperazine rings is 1. The Morgan fingerprint density at radius 2 is 1.95 bits per heavy atom. The summed E-state index contributed by atoms with van der Waals surface area (Å²) in [5.74, 6) is 0.351. The molecular formula is C14H23BrCl2N2O. The lowest BCUT2D eigenvalue weighted by Crippen LogP contribution is -2.45. The molecule has 1 aromatic carbocycles. The van der Waals surface area contributed by atoms with Crippen LogP contribution in [0.2, 0.25) is 0 Å². The molecule has 2 rings (SSSR count). The summed E-state index contributed by atoms with van der Waals surface area (Å²) in [5, 5.41) is 13.1. The third kappa shape index (κ3) is 5.08. The van der Waals surface area contributed by atoms with E-state index in [4.69, 9.17) is 0 Å². The van der Waals surface area contributed by atoms with Gasteiger partial charge in [-0.25, -0.2) is 0 Å². The highest BCUT2D eigenvalue weighted by Crippen LogP contribution is 2.33. The van der Waals surface area contributed by atoms with E-state index in [0.717, 1.165) is 43.5 Å². The first-order valence-corrected chi connectivity index (χ1v) is 7.45. The van der Waals surface area contributed by atoms with Crippen molar-refractivity contribution in [2.45, 2.75) is 25.8 Å². The molecule has 1 atom stereocenters. The van der Waals surface area contributed by atoms with Crippen LogP contribution in [0.15, 0.2) is 22.7 Å². The van der Waals surface area contributed by atoms with Gasteiger partial charge in [-0.1, -0.05) is 29.3 Å². The smallest absolute Gasteiger partial charge is 0.115 e. The number of phenols is 1. The molecular weight excluding hydrogens is 363 g/mol. The van der Waals surface area contributed by atoms with Gasteiger partial charge in [0.2, 0.25) is 0 Å². The maximum Gasteiger partial charge on any atom is 0.115 e. The maximum absolute atomic E-state index is 9.70. The Bertz CT molecular complexity index is 401. The number of benzene rings is 1. The van der Waals surface area contributed by atoms with E-state index in [0.29, 0.717) is 11.8 Å². The second-order valence-electron chi connectivity index (χ2n) is 4.80. The summed E-state index contributed by atoms with van der Waals surface area (Å²) in [6.45, 7) is 6.47. The number of rotatable bonds is 4. The monoisotopic (exact) mass is 384 g/mol. The van der Waals surface area contributed by atoms with Crippen LogP contribution in [0.5, 0.6) is 5.75 Å². The zero-order chi connectivity index (χ0) is 13.0. The summed E-state index contributed by atoms with van der Waals surface area (Å²) in [6.07, 6.45) is 2.28. The zero-order valence-electron chi connectivity index (χ0n) is 11.6. The molecule has 0 radical (unpaired) electrons. The Kier molecular flexibility index (Phi) is 9.85. The molecule has 0 bridgehead atoms. The van der Waals surface area contributed by atoms with Gasteiger partial charge in [0.1, 0.15) is 5.75 Å². The SMILES string of the molecule is CCC[C@H](c1cc(O)ccc1Br)N1CCNCC1.Cl.Cl. The van der Waals surface area contributed by atoms with Crippen molar-refractivity contribution in [3.05, 3.63) is 28.2 Å². The van der Waals surface area contributed by atoms with Crippen LogP contribution in [0, 0.1) is 0 Å². The van der Waals surface area contributed by atoms with E-state index in [2.05, 4.69) is 33.1 Å². The van der Waals surface area contributed by atoms with Gasteiger partial charge in [-0.05, 0) is 30.2 Å². The van der Waals surface area contributed by atoms with Gasteiger partial charge in [0.05, 0.1) is 0 Å². The molecule has 0 spiro atoms. The van der Waals surface area contributed by atoms with Crippen LogP contribution >= 0.6 is 40.7 Å². The first-order valence-electron chi connectivity index (χ1n) is 6.65. The van der Waals surface area contributed by atoms with E-state index in [-0.39, 0.29) is 24.8 Å². The van der Waals surface area contributed by atoms with Crippen molar-refractivity contribution in [2.75, 3.05) is 26.2 Å². The molecule has 20 heavy (non-hydrogen) atoms. The van der Waals surface area contributed by atoms with Crippen molar-refractivity contribution >= 4 is 40.7 Å². The molecule has 1 heterocycles. The molecule has 2 N–H and O–H groups in total. The van der Waals surface area contributed by atoms with Crippen molar-refractivity contribution < 1.29 is 5.11 Å². The number of nitrogens with one attached hydrogen (secondary N) is 1. The molecule has 1 aliphatic heterocycles. The predicted octanol–water partition coefficient (Wildman–Crippen LogP) is 3.74. The summed E-state index contributed by atoms with van der Waals surface area (Å²) in [4.78, 5) is 2.51. The number of nitrogens with zero attached hydrogens (tertiary/aromatic N) is 1. The second-order valence-corrected chi connectivity index (χ2v) is 5.65. The van der Waals surface area contributed by atoms with Crippen LogP contribution < -0.4 is 5.32 Å². The number of halogens is 3. The minimum absolute atomic E-state index is 0. The topological polar surface area (TPSA) is 35.5 Å². The third-order valence-electron chi connectivity index (χ3n) is 3.49. The molecule has 0 aromatic heterocycles. The minimum Gasteiger partial charge on any atom is -0.508 e. The minimum atomic E-state index is 0. The molecule has 0 aliphatic carbocycles. The van der Waals surface area contributed by atoms with Crippen LogP contribution in [-0.4, -0.2) is 36.2 Å². The van der Waals surface area contributed by atoms with Crippen LogP contribution in [0.25, 0.3) is 0 Å². The molecule has 0 unspecified atom stereocenters. The highest BCUT2D eigenvalue weighted by atomic mass is 79.9. The quantitative estimate of drug-likeness (QED) is 0.828. The van der Waals surface area contributed by atoms with Crippen molar-refractivity contribution in [3.8, 4) is 5.75 Å². The second kappa shape index (κ2) is 9.85. The van der Waals surface area contributed by atoms with Crippen LogP contribution in [0.3, 0.4) is 0 Å². The summed E-state index contributed by atoms with van der Waals surface area (Å²) >= 11 is 3.61. The van der Waals surface area contributed by atoms with E-state index >= 15 is 0 Å². The average Bonchev–Trinajstić information content (AvgIpc) is 2.40. The highest BCUT2D eigenvalue weighted by molar-refractivity contribution is 9.10. The Hall–Kier alpha value is -0.000000000000000222. The number of phenolic OH excluding ortho intramolecular Hbond substituents is 1. The van der Waals surface area contributed by atoms with Gasteiger partial charge in [0.15, 0.2) is 0 Å². The fourth-order valence-corrected chi connectivity index (χ4v) is 3.10. The third-order valence-corrected chi connectivity index (χ3v) is 4.22. The lowest BCUT2D eigenvalue weighted by atomic mass is 9.99. The summed E-state index contributed by atoms with van der Waals surface area (Å²) < 4.78 is 1.09. The standard InChI is InChI=1S/C14H21BrN2O.2ClH/c1-2-3-14(17-8-6-16-7-9-17)12-10-11(18)4-5-13(12)15;;/h4-5,10,14,16,18H,2-3,6-9H2,1H3;2*1H/t14-;;/m1../s1. The largest absolute Gasteiger partial charge is 0.508 e. The van der Waals surface area contributed by atoms with Crippen molar-refractivity contribution in [1.29, 1.82) is 0 Å². The van der Waals surface area contributed by atoms with Crippen molar-refractivity contribution in [3.63, 3.8) is 0 Å². The summed E-state index contributed by atoms with van der Waals surface area (Å²) in [7, 11) is 0. The van der Waals surface area contributed by atoms with Gasteiger partial charge >= 0.3 is 0 Å². The van der Waals surface area contributed by atoms with Crippen molar-refractivity contribution in [2.24, 2.45) is 0 Å². The summed E-state index contributed by atoms with van der Waals surface area (Å²) in [5.41, 5.74) is 1.21. The number of aromatic hydroxyl groups is 1. The van der Waals surface area contributed by atoms with E-state index < -0.39 is 0 Å². The van der Waals surface area contributed by atoms with Crippen LogP contribution in [0.4, 0.5) is 0 Å². The van der Waals surface area contributed by atoms with E-state index in [1.54, 1.807) is 6.07 Å². The Morgan fingerprint density at radius 1 is 1.30 bits per heavy atom. The van der Waals surface area contributed by atoms with E-state index in [1.807, 2.05) is 12.1 Å². The van der Waals surface area contributed by atoms with E-state index in [1.165, 1.54) is 5.56 Å². The lowest BCUT2D eigenvalue weighted by molar-refractivity contribution is 0.164. The average molecular weight is 386 g/mol. The Morgan fingerprint density at radius 3 is 2.55 bits per heavy atom. The Balaban J connectivity index is 0.00000180. The molecule has 0 amide bonds. The van der Waals surface area contributed by atoms with Gasteiger partial charge in [-0.15, -0.1) is 24.8 Å². The molecule has 1 aliphatic rings. The van der Waals surface area contributed by atoms with Crippen LogP contribution in [-0.2, 0) is 0 Å². The van der Waals surface area contributed by atoms with Crippen LogP contribution in [0.1, 0.15) is 31.4 Å². The highest BCUT2D eigenvalue weighted by Gasteiger charge is 2.23. The first-order chi connectivity index (χ1) is 8.72. The van der Waals surface area contributed by atoms with Crippen molar-refractivity contribution in [1.82, 2.24) is 10.2 Å². The molecule has 3 nitrogen and oxygen atoms in total. The molecule has 0 saturated carbocycles. The van der Waals surface area contributed by atoms with Gasteiger partial charge in [-0.3, -0.25) is 4.90 Å². The molecule has 6 heteroatoms. The lowest BCUT2D eigenvalue weighted by Gasteiger charge is -2.35. The summed E-state index contributed by atoms with van der Waals surface area (Å²) in [6, 6.07) is 5.97. The zero-order valence-corrected chi connectivity index (χ0v) is 14.9. The number of hydrogen-bond donors (Lipinski definition) is 2. The fraction of sp³-hybridized carbons (Fsp3) is 0.571. The van der Waals surface area contributed by atoms with Gasteiger partial charge in [-0.2, -0.15) is 0 Å². The predicted molar refractivity (Wildman–Crippen MR) is 92.4 cm³/mol. The first kappa shape index (κ1) is 20.0. The fourth-order valence-electron chi connectivity index (χ4n) is 2.59. The number of hydrogen-bond acceptors (Lipinski definition) is 3. The molecule has 1 fully saturated rings. The molecule has 1 aromatic rings. The van der Waals surface area contributed by atoms with Gasteiger partial charge in [0, 0.05) is 36.7 Å².